The third-order valence-corrected chi connectivity index (χ3v) is 3.01. The summed E-state index contributed by atoms with van der Waals surface area (Å²) >= 11 is 0. The molecule has 0 spiro atoms. The van der Waals surface area contributed by atoms with Crippen LogP contribution in [-0.4, -0.2) is 53.4 Å². The Bertz CT molecular complexity index is 379. The first-order valence-electron chi connectivity index (χ1n) is 5.14. The molecule has 0 saturated carbocycles. The van der Waals surface area contributed by atoms with E-state index in [-0.39, 0.29) is 5.70 Å². The van der Waals surface area contributed by atoms with Gasteiger partial charge in [0.05, 0.1) is 17.6 Å². The van der Waals surface area contributed by atoms with Crippen molar-refractivity contribution in [2.24, 2.45) is 0 Å². The lowest BCUT2D eigenvalue weighted by Crippen LogP contribution is -2.35. The first-order chi connectivity index (χ1) is 7.52. The highest BCUT2D eigenvalue weighted by molar-refractivity contribution is 6.00. The number of rotatable bonds is 1. The van der Waals surface area contributed by atoms with E-state index in [9.17, 15) is 14.9 Å². The molecule has 1 fully saturated rings. The molecule has 0 amide bonds. The molecule has 0 bridgehead atoms. The second-order valence-corrected chi connectivity index (χ2v) is 4.10. The topological polar surface area (TPSA) is 78.7 Å². The lowest BCUT2D eigenvalue weighted by atomic mass is 10.2. The lowest BCUT2D eigenvalue weighted by molar-refractivity contribution is -0.419. The van der Waals surface area contributed by atoms with Crippen LogP contribution in [0, 0.1) is 10.1 Å². The van der Waals surface area contributed by atoms with Gasteiger partial charge in [-0.15, -0.1) is 0 Å². The van der Waals surface area contributed by atoms with Gasteiger partial charge in [-0.3, -0.25) is 19.8 Å². The summed E-state index contributed by atoms with van der Waals surface area (Å²) in [7, 11) is 1.92. The van der Waals surface area contributed by atoms with E-state index < -0.39 is 16.7 Å². The Morgan fingerprint density at radius 1 is 1.50 bits per heavy atom. The highest BCUT2D eigenvalue weighted by atomic mass is 16.6. The molecule has 0 aliphatic carbocycles. The maximum Gasteiger partial charge on any atom is 0.353 e. The van der Waals surface area contributed by atoms with Gasteiger partial charge < -0.3 is 10.2 Å². The van der Waals surface area contributed by atoms with E-state index in [4.69, 9.17) is 0 Å². The summed E-state index contributed by atoms with van der Waals surface area (Å²) in [6, 6.07) is -0.436. The van der Waals surface area contributed by atoms with E-state index in [0.717, 1.165) is 6.54 Å². The van der Waals surface area contributed by atoms with Gasteiger partial charge in [0.15, 0.2) is 5.82 Å². The smallest absolute Gasteiger partial charge is 0.353 e. The molecule has 16 heavy (non-hydrogen) atoms. The molecule has 88 valence electrons. The molecule has 1 saturated heterocycles. The molecule has 0 aromatic carbocycles. The van der Waals surface area contributed by atoms with Crippen LogP contribution in [0.3, 0.4) is 0 Å². The Morgan fingerprint density at radius 2 is 2.19 bits per heavy atom. The van der Waals surface area contributed by atoms with E-state index in [1.54, 1.807) is 11.8 Å². The Balaban J connectivity index is 2.38. The molecule has 1 unspecified atom stereocenters. The standard InChI is InChI=1S/C9H14N4O3/c1-6-8(14)7(13(15)16)9-10-5-11(2)3-4-12(6)9/h6,10H,3-5H2,1-2H3. The van der Waals surface area contributed by atoms with Gasteiger partial charge in [0.2, 0.25) is 0 Å². The molecule has 7 nitrogen and oxygen atoms in total. The summed E-state index contributed by atoms with van der Waals surface area (Å²) in [5.74, 6) is -0.0381. The Morgan fingerprint density at radius 3 is 2.81 bits per heavy atom. The number of nitrogens with one attached hydrogen (secondary N) is 1. The van der Waals surface area contributed by atoms with E-state index in [2.05, 4.69) is 5.32 Å². The number of carbonyl (C=O) groups is 1. The van der Waals surface area contributed by atoms with Crippen molar-refractivity contribution in [2.75, 3.05) is 26.8 Å². The summed E-state index contributed by atoms with van der Waals surface area (Å²) in [6.45, 7) is 3.62. The maximum atomic E-state index is 11.7. The van der Waals surface area contributed by atoms with Crippen molar-refractivity contribution in [3.8, 4) is 0 Å². The van der Waals surface area contributed by atoms with Crippen molar-refractivity contribution in [1.82, 2.24) is 15.1 Å². The molecule has 7 heteroatoms. The minimum atomic E-state index is -0.591. The molecule has 2 heterocycles. The zero-order valence-corrected chi connectivity index (χ0v) is 9.27. The number of likely N-dealkylation sites (N-methyl/N-ethyl adjacent to an activating group) is 1. The summed E-state index contributed by atoms with van der Waals surface area (Å²) < 4.78 is 0. The predicted octanol–water partition coefficient (Wildman–Crippen LogP) is -0.802. The van der Waals surface area contributed by atoms with Crippen molar-refractivity contribution in [1.29, 1.82) is 0 Å². The molecule has 2 aliphatic rings. The van der Waals surface area contributed by atoms with Crippen molar-refractivity contribution >= 4 is 5.78 Å². The minimum Gasteiger partial charge on any atom is -0.353 e. The number of Topliss-reactive ketones (excluding diaryl/α,β-unsaturated/α-hetero) is 1. The van der Waals surface area contributed by atoms with Gasteiger partial charge in [-0.2, -0.15) is 0 Å². The van der Waals surface area contributed by atoms with Gasteiger partial charge in [-0.1, -0.05) is 0 Å². The number of hydrogen-bond acceptors (Lipinski definition) is 6. The molecule has 1 atom stereocenters. The molecule has 1 N–H and O–H groups in total. The van der Waals surface area contributed by atoms with Crippen LogP contribution in [0.15, 0.2) is 11.5 Å². The van der Waals surface area contributed by atoms with Crippen LogP contribution >= 0.6 is 0 Å². The number of ketones is 1. The molecule has 0 aromatic rings. The number of nitro groups is 1. The van der Waals surface area contributed by atoms with Crippen molar-refractivity contribution in [3.63, 3.8) is 0 Å². The monoisotopic (exact) mass is 226 g/mol. The second kappa shape index (κ2) is 3.75. The zero-order valence-electron chi connectivity index (χ0n) is 9.27. The fourth-order valence-electron chi connectivity index (χ4n) is 2.02. The first-order valence-corrected chi connectivity index (χ1v) is 5.14. The number of nitrogens with zero attached hydrogens (tertiary/aromatic N) is 3. The molecule has 0 aromatic heterocycles. The van der Waals surface area contributed by atoms with Crippen molar-refractivity contribution < 1.29 is 9.72 Å². The predicted molar refractivity (Wildman–Crippen MR) is 55.8 cm³/mol. The minimum absolute atomic E-state index is 0.303. The normalized spacial score (nSPS) is 26.5. The lowest BCUT2D eigenvalue weighted by Gasteiger charge is -2.22. The van der Waals surface area contributed by atoms with Gasteiger partial charge in [0, 0.05) is 13.1 Å². The molecular weight excluding hydrogens is 212 g/mol. The molecule has 2 rings (SSSR count). The van der Waals surface area contributed by atoms with Gasteiger partial charge in [-0.25, -0.2) is 0 Å². The maximum absolute atomic E-state index is 11.7. The summed E-state index contributed by atoms with van der Waals surface area (Å²) in [6.07, 6.45) is 0. The van der Waals surface area contributed by atoms with Crippen LogP contribution in [0.4, 0.5) is 0 Å². The van der Waals surface area contributed by atoms with Gasteiger partial charge >= 0.3 is 5.70 Å². The molecular formula is C9H14N4O3. The summed E-state index contributed by atoms with van der Waals surface area (Å²) in [5, 5.41) is 13.8. The fourth-order valence-corrected chi connectivity index (χ4v) is 2.02. The van der Waals surface area contributed by atoms with Crippen LogP contribution in [0.5, 0.6) is 0 Å². The second-order valence-electron chi connectivity index (χ2n) is 4.10. The van der Waals surface area contributed by atoms with Crippen LogP contribution < -0.4 is 5.32 Å². The highest BCUT2D eigenvalue weighted by Gasteiger charge is 2.45. The summed E-state index contributed by atoms with van der Waals surface area (Å²) in [4.78, 5) is 25.8. The van der Waals surface area contributed by atoms with Gasteiger partial charge in [-0.05, 0) is 14.0 Å². The fraction of sp³-hybridized carbons (Fsp3) is 0.667. The van der Waals surface area contributed by atoms with Crippen LogP contribution in [0.1, 0.15) is 6.92 Å². The SMILES string of the molecule is CC1C(=O)C([N+](=O)[O-])=C2NCN(C)CCN21. The van der Waals surface area contributed by atoms with Crippen molar-refractivity contribution in [3.05, 3.63) is 21.6 Å². The highest BCUT2D eigenvalue weighted by Crippen LogP contribution is 2.25. The molecule has 0 radical (unpaired) electrons. The van der Waals surface area contributed by atoms with E-state index >= 15 is 0 Å². The largest absolute Gasteiger partial charge is 0.353 e. The first kappa shape index (κ1) is 10.9. The van der Waals surface area contributed by atoms with Crippen LogP contribution in [0.2, 0.25) is 0 Å². The van der Waals surface area contributed by atoms with Gasteiger partial charge in [0.1, 0.15) is 0 Å². The Kier molecular flexibility index (Phi) is 2.55. The average molecular weight is 226 g/mol. The Hall–Kier alpha value is -1.63. The third kappa shape index (κ3) is 1.53. The summed E-state index contributed by atoms with van der Waals surface area (Å²) in [5.41, 5.74) is -0.303. The van der Waals surface area contributed by atoms with E-state index in [0.29, 0.717) is 19.0 Å². The average Bonchev–Trinajstić information content (AvgIpc) is 2.37. The Labute approximate surface area is 92.8 Å². The number of carbonyl (C=O) groups excluding carboxylic acids is 1. The van der Waals surface area contributed by atoms with Gasteiger partial charge in [0.25, 0.3) is 5.78 Å². The molecule has 2 aliphatic heterocycles. The van der Waals surface area contributed by atoms with E-state index in [1.807, 2.05) is 11.9 Å². The third-order valence-electron chi connectivity index (χ3n) is 3.01. The van der Waals surface area contributed by atoms with E-state index in [1.165, 1.54) is 0 Å². The van der Waals surface area contributed by atoms with Crippen LogP contribution in [0.25, 0.3) is 0 Å². The van der Waals surface area contributed by atoms with Crippen molar-refractivity contribution in [2.45, 2.75) is 13.0 Å². The number of fused-ring (bicyclic) bond motifs is 1. The zero-order chi connectivity index (χ0) is 11.9. The van der Waals surface area contributed by atoms with Crippen LogP contribution in [-0.2, 0) is 4.79 Å². The quantitative estimate of drug-likeness (QED) is 0.466. The number of hydrogen-bond donors (Lipinski definition) is 1.